The summed E-state index contributed by atoms with van der Waals surface area (Å²) in [6.07, 6.45) is 0. The predicted octanol–water partition coefficient (Wildman–Crippen LogP) is 3.08. The summed E-state index contributed by atoms with van der Waals surface area (Å²) in [5.41, 5.74) is 1.32. The van der Waals surface area contributed by atoms with Gasteiger partial charge in [0.15, 0.2) is 0 Å². The lowest BCUT2D eigenvalue weighted by molar-refractivity contribution is -0.144. The third-order valence-electron chi connectivity index (χ3n) is 4.96. The second kappa shape index (κ2) is 9.11. The zero-order valence-electron chi connectivity index (χ0n) is 16.7. The molecule has 1 N–H and O–H groups in total. The van der Waals surface area contributed by atoms with Gasteiger partial charge in [-0.3, -0.25) is 19.3 Å². The molecule has 4 rings (SSSR count). The van der Waals surface area contributed by atoms with Gasteiger partial charge in [0.05, 0.1) is 12.6 Å². The fourth-order valence-corrected chi connectivity index (χ4v) is 4.18. The van der Waals surface area contributed by atoms with Crippen molar-refractivity contribution in [3.8, 4) is 0 Å². The van der Waals surface area contributed by atoms with Crippen molar-refractivity contribution in [3.05, 3.63) is 93.9 Å². The van der Waals surface area contributed by atoms with Gasteiger partial charge in [-0.05, 0) is 34.7 Å². The number of benzene rings is 2. The van der Waals surface area contributed by atoms with Gasteiger partial charge < -0.3 is 5.32 Å². The Morgan fingerprint density at radius 3 is 2.25 bits per heavy atom. The Morgan fingerprint density at radius 1 is 0.906 bits per heavy atom. The molecule has 9 heteroatoms. The van der Waals surface area contributed by atoms with Gasteiger partial charge in [-0.25, -0.2) is 14.1 Å². The molecule has 0 aliphatic carbocycles. The maximum atomic E-state index is 13.3. The minimum atomic E-state index is -1.05. The van der Waals surface area contributed by atoms with E-state index in [2.05, 4.69) is 5.32 Å². The standard InChI is InChI=1S/C23H18FN3O4S/c24-17-10-8-16(9-11-17)20(18-7-4-12-32-18)25-19(28)14-27-22(30)21(29)26(23(27)31)13-15-5-2-1-3-6-15/h1-12,20H,13-14H2,(H,25,28). The normalized spacial score (nSPS) is 14.7. The first-order valence-corrected chi connectivity index (χ1v) is 10.6. The molecule has 5 amide bonds. The Balaban J connectivity index is 1.48. The number of urea groups is 1. The number of hydrogen-bond acceptors (Lipinski definition) is 5. The number of nitrogens with one attached hydrogen (secondary N) is 1. The molecular formula is C23H18FN3O4S. The smallest absolute Gasteiger partial charge is 0.335 e. The van der Waals surface area contributed by atoms with E-state index >= 15 is 0 Å². The Morgan fingerprint density at radius 2 is 1.59 bits per heavy atom. The fraction of sp³-hybridized carbons (Fsp3) is 0.130. The minimum Gasteiger partial charge on any atom is -0.343 e. The molecule has 162 valence electrons. The number of carbonyl (C=O) groups excluding carboxylic acids is 4. The van der Waals surface area contributed by atoms with Crippen molar-refractivity contribution in [1.29, 1.82) is 0 Å². The number of halogens is 1. The largest absolute Gasteiger partial charge is 0.343 e. The molecule has 0 radical (unpaired) electrons. The molecule has 1 aliphatic rings. The first-order valence-electron chi connectivity index (χ1n) is 9.73. The van der Waals surface area contributed by atoms with Crippen LogP contribution >= 0.6 is 11.3 Å². The average molecular weight is 451 g/mol. The molecule has 2 aromatic carbocycles. The van der Waals surface area contributed by atoms with Gasteiger partial charge in [0, 0.05) is 4.88 Å². The van der Waals surface area contributed by atoms with Crippen LogP contribution in [-0.4, -0.2) is 40.1 Å². The van der Waals surface area contributed by atoms with Crippen LogP contribution in [0.15, 0.2) is 72.1 Å². The van der Waals surface area contributed by atoms with Crippen LogP contribution in [-0.2, 0) is 20.9 Å². The minimum absolute atomic E-state index is 0.0598. The molecule has 1 unspecified atom stereocenters. The van der Waals surface area contributed by atoms with Crippen LogP contribution in [0.1, 0.15) is 22.0 Å². The highest BCUT2D eigenvalue weighted by Crippen LogP contribution is 2.26. The van der Waals surface area contributed by atoms with Crippen LogP contribution in [0.2, 0.25) is 0 Å². The molecule has 0 bridgehead atoms. The van der Waals surface area contributed by atoms with Crippen molar-refractivity contribution in [3.63, 3.8) is 0 Å². The average Bonchev–Trinajstić information content (AvgIpc) is 3.39. The van der Waals surface area contributed by atoms with E-state index < -0.39 is 42.2 Å². The molecule has 1 atom stereocenters. The SMILES string of the molecule is O=C(CN1C(=O)C(=O)N(Cc2ccccc2)C1=O)NC(c1ccc(F)cc1)c1cccs1. The third kappa shape index (κ3) is 4.42. The highest BCUT2D eigenvalue weighted by molar-refractivity contribution is 7.10. The molecule has 2 heterocycles. The quantitative estimate of drug-likeness (QED) is 0.442. The maximum absolute atomic E-state index is 13.3. The van der Waals surface area contributed by atoms with E-state index in [-0.39, 0.29) is 6.54 Å². The van der Waals surface area contributed by atoms with E-state index in [4.69, 9.17) is 0 Å². The lowest BCUT2D eigenvalue weighted by atomic mass is 10.1. The summed E-state index contributed by atoms with van der Waals surface area (Å²) in [4.78, 5) is 52.4. The zero-order valence-corrected chi connectivity index (χ0v) is 17.5. The van der Waals surface area contributed by atoms with Crippen LogP contribution in [0.4, 0.5) is 9.18 Å². The van der Waals surface area contributed by atoms with Crippen molar-refractivity contribution in [1.82, 2.24) is 15.1 Å². The summed E-state index contributed by atoms with van der Waals surface area (Å²) in [6, 6.07) is 16.7. The van der Waals surface area contributed by atoms with Gasteiger partial charge in [-0.1, -0.05) is 48.5 Å². The number of amides is 5. The monoisotopic (exact) mass is 451 g/mol. The van der Waals surface area contributed by atoms with Crippen LogP contribution in [0, 0.1) is 5.82 Å². The second-order valence-corrected chi connectivity index (χ2v) is 8.10. The van der Waals surface area contributed by atoms with Gasteiger partial charge in [-0.2, -0.15) is 0 Å². The van der Waals surface area contributed by atoms with Crippen LogP contribution < -0.4 is 5.32 Å². The molecule has 7 nitrogen and oxygen atoms in total. The molecule has 1 aliphatic heterocycles. The van der Waals surface area contributed by atoms with Crippen LogP contribution in [0.25, 0.3) is 0 Å². The van der Waals surface area contributed by atoms with Gasteiger partial charge in [-0.15, -0.1) is 11.3 Å². The van der Waals surface area contributed by atoms with Gasteiger partial charge in [0.25, 0.3) is 0 Å². The van der Waals surface area contributed by atoms with E-state index in [1.54, 1.807) is 42.5 Å². The van der Waals surface area contributed by atoms with Gasteiger partial charge >= 0.3 is 17.8 Å². The number of nitrogens with zero attached hydrogens (tertiary/aromatic N) is 2. The Labute approximate surface area is 187 Å². The highest BCUT2D eigenvalue weighted by atomic mass is 32.1. The lowest BCUT2D eigenvalue weighted by Crippen LogP contribution is -2.42. The number of thiophene rings is 1. The second-order valence-electron chi connectivity index (χ2n) is 7.12. The van der Waals surface area contributed by atoms with E-state index in [9.17, 15) is 23.6 Å². The van der Waals surface area contributed by atoms with Gasteiger partial charge in [0.2, 0.25) is 5.91 Å². The number of imide groups is 2. The lowest BCUT2D eigenvalue weighted by Gasteiger charge is -2.20. The molecule has 32 heavy (non-hydrogen) atoms. The van der Waals surface area contributed by atoms with Crippen molar-refractivity contribution >= 4 is 35.1 Å². The predicted molar refractivity (Wildman–Crippen MR) is 115 cm³/mol. The number of carbonyl (C=O) groups is 4. The van der Waals surface area contributed by atoms with Crippen molar-refractivity contribution in [2.24, 2.45) is 0 Å². The van der Waals surface area contributed by atoms with E-state index in [0.29, 0.717) is 16.0 Å². The molecule has 3 aromatic rings. The summed E-state index contributed by atoms with van der Waals surface area (Å²) in [6.45, 7) is -0.659. The zero-order chi connectivity index (χ0) is 22.7. The molecule has 1 fully saturated rings. The Hall–Kier alpha value is -3.85. The summed E-state index contributed by atoms with van der Waals surface area (Å²) in [7, 11) is 0. The Kier molecular flexibility index (Phi) is 6.09. The third-order valence-corrected chi connectivity index (χ3v) is 5.89. The first-order chi connectivity index (χ1) is 15.4. The van der Waals surface area contributed by atoms with E-state index in [1.807, 2.05) is 17.5 Å². The van der Waals surface area contributed by atoms with Crippen molar-refractivity contribution < 1.29 is 23.6 Å². The Bertz CT molecular complexity index is 1150. The topological polar surface area (TPSA) is 86.8 Å². The summed E-state index contributed by atoms with van der Waals surface area (Å²) in [5, 5.41) is 4.61. The van der Waals surface area contributed by atoms with Crippen molar-refractivity contribution in [2.75, 3.05) is 6.54 Å². The summed E-state index contributed by atoms with van der Waals surface area (Å²) >= 11 is 1.40. The first kappa shape index (κ1) is 21.4. The fourth-order valence-electron chi connectivity index (χ4n) is 3.37. The number of rotatable bonds is 7. The highest BCUT2D eigenvalue weighted by Gasteiger charge is 2.45. The molecular weight excluding hydrogens is 433 g/mol. The van der Waals surface area contributed by atoms with E-state index in [1.165, 1.54) is 23.5 Å². The molecule has 0 spiro atoms. The van der Waals surface area contributed by atoms with Gasteiger partial charge in [0.1, 0.15) is 12.4 Å². The van der Waals surface area contributed by atoms with Crippen LogP contribution in [0.3, 0.4) is 0 Å². The summed E-state index contributed by atoms with van der Waals surface area (Å²) < 4.78 is 13.3. The maximum Gasteiger partial charge on any atom is 0.335 e. The molecule has 0 saturated carbocycles. The van der Waals surface area contributed by atoms with E-state index in [0.717, 1.165) is 9.78 Å². The summed E-state index contributed by atoms with van der Waals surface area (Å²) in [5.74, 6) is -3.05. The molecule has 1 saturated heterocycles. The number of hydrogen-bond donors (Lipinski definition) is 1. The van der Waals surface area contributed by atoms with Crippen molar-refractivity contribution in [2.45, 2.75) is 12.6 Å². The molecule has 1 aromatic heterocycles. The van der Waals surface area contributed by atoms with Crippen LogP contribution in [0.5, 0.6) is 0 Å².